The number of anilines is 1. The lowest BCUT2D eigenvalue weighted by atomic mass is 9.85. The molecular weight excluding hydrogens is 313 g/mol. The van der Waals surface area contributed by atoms with Crippen molar-refractivity contribution in [1.29, 1.82) is 0 Å². The fourth-order valence-corrected chi connectivity index (χ4v) is 2.84. The maximum absolute atomic E-state index is 12.4. The Balaban J connectivity index is 0.00000220. The van der Waals surface area contributed by atoms with Crippen LogP contribution in [0.1, 0.15) is 36.0 Å². The van der Waals surface area contributed by atoms with Gasteiger partial charge in [-0.1, -0.05) is 24.4 Å². The number of amides is 2. The minimum absolute atomic E-state index is 0. The number of benzene rings is 1. The Morgan fingerprint density at radius 1 is 1.29 bits per heavy atom. The van der Waals surface area contributed by atoms with Crippen LogP contribution in [0, 0.1) is 5.41 Å². The first-order valence-corrected chi connectivity index (χ1v) is 6.97. The van der Waals surface area contributed by atoms with Gasteiger partial charge in [0.2, 0.25) is 11.8 Å². The van der Waals surface area contributed by atoms with Crippen molar-refractivity contribution in [1.82, 2.24) is 0 Å². The first-order chi connectivity index (χ1) is 9.48. The van der Waals surface area contributed by atoms with E-state index in [4.69, 9.17) is 23.1 Å². The highest BCUT2D eigenvalue weighted by Gasteiger charge is 2.39. The highest BCUT2D eigenvalue weighted by Crippen LogP contribution is 2.38. The highest BCUT2D eigenvalue weighted by atomic mass is 35.5. The van der Waals surface area contributed by atoms with E-state index in [0.29, 0.717) is 12.2 Å². The maximum Gasteiger partial charge on any atom is 0.250 e. The molecular formula is C14H19Cl2N3O2. The minimum Gasteiger partial charge on any atom is -0.366 e. The molecule has 1 aromatic rings. The average Bonchev–Trinajstić information content (AvgIpc) is 2.90. The predicted octanol–water partition coefficient (Wildman–Crippen LogP) is 2.32. The largest absolute Gasteiger partial charge is 0.366 e. The van der Waals surface area contributed by atoms with E-state index in [1.54, 1.807) is 12.1 Å². The molecule has 1 fully saturated rings. The van der Waals surface area contributed by atoms with Crippen LogP contribution in [0.15, 0.2) is 18.2 Å². The van der Waals surface area contributed by atoms with Crippen LogP contribution in [-0.4, -0.2) is 18.4 Å². The monoisotopic (exact) mass is 331 g/mol. The fraction of sp³-hybridized carbons (Fsp3) is 0.429. The Hall–Kier alpha value is -1.30. The highest BCUT2D eigenvalue weighted by molar-refractivity contribution is 6.34. The molecule has 0 aromatic heterocycles. The van der Waals surface area contributed by atoms with E-state index >= 15 is 0 Å². The van der Waals surface area contributed by atoms with E-state index in [1.807, 2.05) is 0 Å². The van der Waals surface area contributed by atoms with Crippen LogP contribution in [0.2, 0.25) is 5.02 Å². The Labute approximate surface area is 134 Å². The number of hydrogen-bond acceptors (Lipinski definition) is 3. The summed E-state index contributed by atoms with van der Waals surface area (Å²) in [6.45, 7) is 0.328. The average molecular weight is 332 g/mol. The third-order valence-electron chi connectivity index (χ3n) is 3.92. The molecule has 7 heteroatoms. The number of rotatable bonds is 4. The summed E-state index contributed by atoms with van der Waals surface area (Å²) in [5.41, 5.74) is 11.2. The van der Waals surface area contributed by atoms with Gasteiger partial charge in [-0.25, -0.2) is 0 Å². The van der Waals surface area contributed by atoms with E-state index in [9.17, 15) is 9.59 Å². The van der Waals surface area contributed by atoms with E-state index in [2.05, 4.69) is 5.32 Å². The molecule has 116 valence electrons. The van der Waals surface area contributed by atoms with Crippen molar-refractivity contribution >= 4 is 41.5 Å². The molecule has 0 aliphatic heterocycles. The predicted molar refractivity (Wildman–Crippen MR) is 85.8 cm³/mol. The normalized spacial score (nSPS) is 16.1. The SMILES string of the molecule is Cl.NCC1(C(=O)Nc2ccc(Cl)c(C(N)=O)c2)CCCC1. The van der Waals surface area contributed by atoms with Crippen LogP contribution in [0.4, 0.5) is 5.69 Å². The number of carbonyl (C=O) groups excluding carboxylic acids is 2. The summed E-state index contributed by atoms with van der Waals surface area (Å²) in [7, 11) is 0. The van der Waals surface area contributed by atoms with Crippen LogP contribution in [0.5, 0.6) is 0 Å². The molecule has 21 heavy (non-hydrogen) atoms. The lowest BCUT2D eigenvalue weighted by molar-refractivity contribution is -0.124. The molecule has 1 saturated carbocycles. The van der Waals surface area contributed by atoms with Crippen molar-refractivity contribution in [3.8, 4) is 0 Å². The maximum atomic E-state index is 12.4. The molecule has 1 aliphatic rings. The van der Waals surface area contributed by atoms with E-state index in [1.165, 1.54) is 6.07 Å². The number of carbonyl (C=O) groups is 2. The summed E-state index contributed by atoms with van der Waals surface area (Å²) in [6.07, 6.45) is 3.62. The van der Waals surface area contributed by atoms with Gasteiger partial charge in [0, 0.05) is 12.2 Å². The zero-order valence-corrected chi connectivity index (χ0v) is 13.1. The van der Waals surface area contributed by atoms with Crippen molar-refractivity contribution in [2.24, 2.45) is 16.9 Å². The van der Waals surface area contributed by atoms with Crippen LogP contribution in [-0.2, 0) is 4.79 Å². The summed E-state index contributed by atoms with van der Waals surface area (Å²) < 4.78 is 0. The summed E-state index contributed by atoms with van der Waals surface area (Å²) in [5.74, 6) is -0.726. The van der Waals surface area contributed by atoms with Gasteiger partial charge in [0.15, 0.2) is 0 Å². The molecule has 0 spiro atoms. The molecule has 0 bridgehead atoms. The first kappa shape index (κ1) is 17.8. The Kier molecular flexibility index (Phi) is 6.01. The van der Waals surface area contributed by atoms with Gasteiger partial charge >= 0.3 is 0 Å². The molecule has 2 amide bonds. The van der Waals surface area contributed by atoms with E-state index < -0.39 is 11.3 Å². The third-order valence-corrected chi connectivity index (χ3v) is 4.25. The quantitative estimate of drug-likeness (QED) is 0.789. The Bertz CT molecular complexity index is 543. The second-order valence-electron chi connectivity index (χ2n) is 5.20. The van der Waals surface area contributed by atoms with Crippen molar-refractivity contribution in [3.63, 3.8) is 0 Å². The van der Waals surface area contributed by atoms with Gasteiger partial charge in [-0.05, 0) is 31.0 Å². The van der Waals surface area contributed by atoms with Crippen molar-refractivity contribution in [3.05, 3.63) is 28.8 Å². The molecule has 0 radical (unpaired) electrons. The van der Waals surface area contributed by atoms with Crippen LogP contribution in [0.3, 0.4) is 0 Å². The molecule has 0 heterocycles. The van der Waals surface area contributed by atoms with Gasteiger partial charge < -0.3 is 16.8 Å². The molecule has 1 aromatic carbocycles. The molecule has 5 N–H and O–H groups in total. The number of halogens is 2. The Morgan fingerprint density at radius 3 is 2.43 bits per heavy atom. The van der Waals surface area contributed by atoms with Crippen LogP contribution >= 0.6 is 24.0 Å². The van der Waals surface area contributed by atoms with E-state index in [-0.39, 0.29) is 28.9 Å². The number of primary amides is 1. The van der Waals surface area contributed by atoms with Gasteiger partial charge in [0.05, 0.1) is 16.0 Å². The van der Waals surface area contributed by atoms with Gasteiger partial charge in [0.25, 0.3) is 0 Å². The topological polar surface area (TPSA) is 98.2 Å². The van der Waals surface area contributed by atoms with Crippen molar-refractivity contribution in [2.45, 2.75) is 25.7 Å². The first-order valence-electron chi connectivity index (χ1n) is 6.59. The third kappa shape index (κ3) is 3.67. The zero-order chi connectivity index (χ0) is 14.8. The molecule has 5 nitrogen and oxygen atoms in total. The molecule has 1 aliphatic carbocycles. The summed E-state index contributed by atoms with van der Waals surface area (Å²) in [6, 6.07) is 4.68. The van der Waals surface area contributed by atoms with Crippen molar-refractivity contribution < 1.29 is 9.59 Å². The van der Waals surface area contributed by atoms with Crippen molar-refractivity contribution in [2.75, 3.05) is 11.9 Å². The summed E-state index contributed by atoms with van der Waals surface area (Å²) in [4.78, 5) is 23.6. The fourth-order valence-electron chi connectivity index (χ4n) is 2.63. The molecule has 0 atom stereocenters. The van der Waals surface area contributed by atoms with Gasteiger partial charge in [-0.2, -0.15) is 0 Å². The zero-order valence-electron chi connectivity index (χ0n) is 11.5. The second-order valence-corrected chi connectivity index (χ2v) is 5.61. The minimum atomic E-state index is -0.625. The standard InChI is InChI=1S/C14H18ClN3O2.ClH/c15-11-4-3-9(7-10(11)12(17)19)18-13(20)14(8-16)5-1-2-6-14;/h3-4,7H,1-2,5-6,8,16H2,(H2,17,19)(H,18,20);1H. The lowest BCUT2D eigenvalue weighted by Crippen LogP contribution is -2.40. The van der Waals surface area contributed by atoms with Gasteiger partial charge in [-0.15, -0.1) is 12.4 Å². The Morgan fingerprint density at radius 2 is 1.90 bits per heavy atom. The van der Waals surface area contributed by atoms with E-state index in [0.717, 1.165) is 25.7 Å². The molecule has 2 rings (SSSR count). The van der Waals surface area contributed by atoms with Gasteiger partial charge in [0.1, 0.15) is 0 Å². The molecule has 0 unspecified atom stereocenters. The van der Waals surface area contributed by atoms with Crippen LogP contribution < -0.4 is 16.8 Å². The van der Waals surface area contributed by atoms with Crippen LogP contribution in [0.25, 0.3) is 0 Å². The summed E-state index contributed by atoms with van der Waals surface area (Å²) >= 11 is 5.88. The summed E-state index contributed by atoms with van der Waals surface area (Å²) in [5, 5.41) is 3.08. The number of nitrogens with one attached hydrogen (secondary N) is 1. The smallest absolute Gasteiger partial charge is 0.250 e. The lowest BCUT2D eigenvalue weighted by Gasteiger charge is -2.25. The second kappa shape index (κ2) is 7.11. The molecule has 0 saturated heterocycles. The number of hydrogen-bond donors (Lipinski definition) is 3. The number of nitrogens with two attached hydrogens (primary N) is 2. The van der Waals surface area contributed by atoms with Gasteiger partial charge in [-0.3, -0.25) is 9.59 Å².